The fourth-order valence-corrected chi connectivity index (χ4v) is 4.85. The number of imidazole rings is 1. The molecule has 1 aliphatic rings. The Morgan fingerprint density at radius 1 is 1.17 bits per heavy atom. The largest absolute Gasteiger partial charge is 1.00 e. The van der Waals surface area contributed by atoms with Gasteiger partial charge in [-0.25, -0.2) is 23.1 Å². The smallest absolute Gasteiger partial charge is 0.343 e. The van der Waals surface area contributed by atoms with E-state index in [0.717, 1.165) is 17.1 Å². The van der Waals surface area contributed by atoms with Gasteiger partial charge in [0, 0.05) is 32.1 Å². The predicted molar refractivity (Wildman–Crippen MR) is 123 cm³/mol. The van der Waals surface area contributed by atoms with Gasteiger partial charge in [-0.2, -0.15) is 0 Å². The van der Waals surface area contributed by atoms with Crippen LogP contribution >= 0.6 is 0 Å². The SMILES string of the molecule is Cc1[nH]cc(CCOC(=O)[C@](O)(c2ccccc2)[C@H]2CCCC(F)(F)C2)[n+]1Cc1ccccc1.[Br-]. The third kappa shape index (κ3) is 6.16. The number of H-pyrrole nitrogens is 1. The van der Waals surface area contributed by atoms with Crippen LogP contribution in [0.1, 0.15) is 48.3 Å². The van der Waals surface area contributed by atoms with Gasteiger partial charge in [-0.15, -0.1) is 0 Å². The van der Waals surface area contributed by atoms with Crippen LogP contribution < -0.4 is 21.5 Å². The number of nitrogens with one attached hydrogen (secondary N) is 1. The van der Waals surface area contributed by atoms with Gasteiger partial charge in [-0.1, -0.05) is 60.7 Å². The summed E-state index contributed by atoms with van der Waals surface area (Å²) in [4.78, 5) is 16.4. The molecule has 2 atom stereocenters. The number of rotatable bonds is 8. The number of aromatic amines is 1. The Bertz CT molecular complexity index is 1110. The van der Waals surface area contributed by atoms with Crippen molar-refractivity contribution in [2.24, 2.45) is 5.92 Å². The topological polar surface area (TPSA) is 66.2 Å². The molecule has 1 heterocycles. The van der Waals surface area contributed by atoms with E-state index >= 15 is 0 Å². The van der Waals surface area contributed by atoms with Gasteiger partial charge in [-0.05, 0) is 24.0 Å². The van der Waals surface area contributed by atoms with E-state index in [-0.39, 0.29) is 36.4 Å². The molecule has 0 radical (unpaired) electrons. The molecular weight excluding hydrogens is 518 g/mol. The summed E-state index contributed by atoms with van der Waals surface area (Å²) in [7, 11) is 0. The van der Waals surface area contributed by atoms with E-state index in [1.165, 1.54) is 0 Å². The first-order chi connectivity index (χ1) is 16.3. The lowest BCUT2D eigenvalue weighted by atomic mass is 9.72. The third-order valence-electron chi connectivity index (χ3n) is 6.73. The summed E-state index contributed by atoms with van der Waals surface area (Å²) in [5.41, 5.74) is 0.269. The molecule has 1 aromatic heterocycles. The number of esters is 1. The van der Waals surface area contributed by atoms with E-state index in [0.29, 0.717) is 24.9 Å². The molecular formula is C27H31BrF2N2O3. The summed E-state index contributed by atoms with van der Waals surface area (Å²) in [6.45, 7) is 2.67. The Morgan fingerprint density at radius 2 is 1.83 bits per heavy atom. The summed E-state index contributed by atoms with van der Waals surface area (Å²) in [5, 5.41) is 11.5. The maximum Gasteiger partial charge on any atom is 0.343 e. The molecule has 0 unspecified atom stereocenters. The highest BCUT2D eigenvalue weighted by atomic mass is 79.9. The highest BCUT2D eigenvalue weighted by Crippen LogP contribution is 2.45. The van der Waals surface area contributed by atoms with Gasteiger partial charge in [0.05, 0.1) is 6.61 Å². The van der Waals surface area contributed by atoms with Crippen molar-refractivity contribution >= 4 is 5.97 Å². The summed E-state index contributed by atoms with van der Waals surface area (Å²) in [6.07, 6.45) is 2.12. The summed E-state index contributed by atoms with van der Waals surface area (Å²) in [5.74, 6) is -3.72. The summed E-state index contributed by atoms with van der Waals surface area (Å²) in [6, 6.07) is 18.3. The lowest BCUT2D eigenvalue weighted by Crippen LogP contribution is -3.00. The van der Waals surface area contributed by atoms with E-state index in [1.54, 1.807) is 30.3 Å². The maximum atomic E-state index is 14.2. The zero-order valence-electron chi connectivity index (χ0n) is 19.7. The molecule has 1 saturated carbocycles. The van der Waals surface area contributed by atoms with Crippen molar-refractivity contribution in [2.45, 2.75) is 57.1 Å². The molecule has 3 aromatic rings. The average Bonchev–Trinajstić information content (AvgIpc) is 3.18. The van der Waals surface area contributed by atoms with Crippen LogP contribution in [0.2, 0.25) is 0 Å². The van der Waals surface area contributed by atoms with Crippen molar-refractivity contribution in [3.05, 3.63) is 89.5 Å². The Balaban J connectivity index is 0.00000342. The normalized spacial score (nSPS) is 18.8. The number of aliphatic hydroxyl groups is 1. The Hall–Kier alpha value is -2.58. The monoisotopic (exact) mass is 548 g/mol. The summed E-state index contributed by atoms with van der Waals surface area (Å²) < 4.78 is 36.0. The number of hydrogen-bond donors (Lipinski definition) is 2. The fourth-order valence-electron chi connectivity index (χ4n) is 4.85. The molecule has 0 amide bonds. The van der Waals surface area contributed by atoms with Crippen LogP contribution in [-0.2, 0) is 28.1 Å². The molecule has 8 heteroatoms. The Kier molecular flexibility index (Phi) is 8.83. The highest BCUT2D eigenvalue weighted by molar-refractivity contribution is 5.81. The maximum absolute atomic E-state index is 14.2. The molecule has 5 nitrogen and oxygen atoms in total. The van der Waals surface area contributed by atoms with Gasteiger partial charge >= 0.3 is 5.97 Å². The van der Waals surface area contributed by atoms with Crippen LogP contribution in [0.15, 0.2) is 66.9 Å². The number of hydrogen-bond acceptors (Lipinski definition) is 3. The number of ether oxygens (including phenoxy) is 1. The Labute approximate surface area is 214 Å². The van der Waals surface area contributed by atoms with Crippen LogP contribution in [-0.4, -0.2) is 28.6 Å². The minimum absolute atomic E-state index is 0. The molecule has 0 saturated heterocycles. The zero-order chi connectivity index (χ0) is 24.2. The van der Waals surface area contributed by atoms with E-state index < -0.39 is 29.8 Å². The van der Waals surface area contributed by atoms with Gasteiger partial charge < -0.3 is 26.8 Å². The second kappa shape index (κ2) is 11.4. The Morgan fingerprint density at radius 3 is 2.49 bits per heavy atom. The first kappa shape index (κ1) is 27.0. The van der Waals surface area contributed by atoms with Gasteiger partial charge in [0.1, 0.15) is 18.4 Å². The molecule has 0 spiro atoms. The van der Waals surface area contributed by atoms with Crippen LogP contribution in [0, 0.1) is 12.8 Å². The number of nitrogens with zero attached hydrogens (tertiary/aromatic N) is 1. The van der Waals surface area contributed by atoms with E-state index in [4.69, 9.17) is 4.74 Å². The number of carbonyl (C=O) groups is 1. The van der Waals surface area contributed by atoms with Crippen LogP contribution in [0.25, 0.3) is 0 Å². The standard InChI is InChI=1S/C27H30F2N2O3.BrH/c1-20-30-18-24(31(20)19-21-9-4-2-5-10-21)14-16-34-25(32)27(33,22-11-6-3-7-12-22)23-13-8-15-26(28,29)17-23;/h2-7,9-12,18,23,33H,8,13-17,19H2,1H3;1H/t23-,27-;/m0./s1. The van der Waals surface area contributed by atoms with E-state index in [9.17, 15) is 18.7 Å². The predicted octanol–water partition coefficient (Wildman–Crippen LogP) is 1.46. The van der Waals surface area contributed by atoms with Crippen molar-refractivity contribution in [1.82, 2.24) is 4.98 Å². The minimum atomic E-state index is -2.91. The molecule has 188 valence electrons. The average molecular weight is 549 g/mol. The van der Waals surface area contributed by atoms with Crippen LogP contribution in [0.5, 0.6) is 0 Å². The number of aryl methyl sites for hydroxylation is 1. The zero-order valence-corrected chi connectivity index (χ0v) is 21.3. The second-order valence-corrected chi connectivity index (χ2v) is 9.10. The number of aromatic nitrogens is 2. The quantitative estimate of drug-likeness (QED) is 0.331. The van der Waals surface area contributed by atoms with Gasteiger partial charge in [0.15, 0.2) is 5.60 Å². The van der Waals surface area contributed by atoms with Crippen LogP contribution in [0.4, 0.5) is 8.78 Å². The van der Waals surface area contributed by atoms with Crippen molar-refractivity contribution in [3.8, 4) is 0 Å². The number of halogens is 3. The number of carbonyl (C=O) groups excluding carboxylic acids is 1. The summed E-state index contributed by atoms with van der Waals surface area (Å²) >= 11 is 0. The van der Waals surface area contributed by atoms with Gasteiger partial charge in [-0.3, -0.25) is 0 Å². The van der Waals surface area contributed by atoms with E-state index in [1.807, 2.05) is 43.5 Å². The molecule has 2 aromatic carbocycles. The van der Waals surface area contributed by atoms with Crippen molar-refractivity contribution in [3.63, 3.8) is 0 Å². The molecule has 35 heavy (non-hydrogen) atoms. The molecule has 4 rings (SSSR count). The van der Waals surface area contributed by atoms with Crippen molar-refractivity contribution < 1.29 is 45.0 Å². The van der Waals surface area contributed by atoms with E-state index in [2.05, 4.69) is 9.55 Å². The van der Waals surface area contributed by atoms with Crippen molar-refractivity contribution in [2.75, 3.05) is 6.61 Å². The van der Waals surface area contributed by atoms with Crippen molar-refractivity contribution in [1.29, 1.82) is 0 Å². The molecule has 2 N–H and O–H groups in total. The highest BCUT2D eigenvalue weighted by Gasteiger charge is 2.52. The van der Waals surface area contributed by atoms with Crippen LogP contribution in [0.3, 0.4) is 0 Å². The first-order valence-electron chi connectivity index (χ1n) is 11.7. The van der Waals surface area contributed by atoms with Gasteiger partial charge in [0.25, 0.3) is 5.82 Å². The second-order valence-electron chi connectivity index (χ2n) is 9.10. The fraction of sp³-hybridized carbons (Fsp3) is 0.407. The molecule has 0 aliphatic heterocycles. The molecule has 1 fully saturated rings. The van der Waals surface area contributed by atoms with Gasteiger partial charge in [0.2, 0.25) is 5.92 Å². The third-order valence-corrected chi connectivity index (χ3v) is 6.73. The lowest BCUT2D eigenvalue weighted by molar-refractivity contribution is -0.700. The number of alkyl halides is 2. The minimum Gasteiger partial charge on any atom is -1.00 e. The first-order valence-corrected chi connectivity index (χ1v) is 11.7. The molecule has 0 bridgehead atoms. The molecule has 1 aliphatic carbocycles. The lowest BCUT2D eigenvalue weighted by Gasteiger charge is -2.39. The number of benzene rings is 2.